The number of halogens is 2. The highest BCUT2D eigenvalue weighted by atomic mass is 19.3. The van der Waals surface area contributed by atoms with E-state index in [1.807, 2.05) is 5.32 Å². The Kier molecular flexibility index (Phi) is 12.3. The molecule has 2 aromatic rings. The van der Waals surface area contributed by atoms with Gasteiger partial charge >= 0.3 is 11.9 Å². The highest BCUT2D eigenvalue weighted by Crippen LogP contribution is 2.34. The van der Waals surface area contributed by atoms with Gasteiger partial charge in [-0.15, -0.1) is 12.3 Å². The molecule has 1 fully saturated rings. The number of carbonyl (C=O) groups excluding carboxylic acids is 2. The van der Waals surface area contributed by atoms with Gasteiger partial charge in [-0.25, -0.2) is 4.79 Å². The number of amides is 2. The van der Waals surface area contributed by atoms with E-state index in [1.54, 1.807) is 24.3 Å². The maximum absolute atomic E-state index is 14.6. The summed E-state index contributed by atoms with van der Waals surface area (Å²) >= 11 is 0. The van der Waals surface area contributed by atoms with Crippen molar-refractivity contribution in [2.45, 2.75) is 61.6 Å². The number of rotatable bonds is 15. The van der Waals surface area contributed by atoms with E-state index in [0.29, 0.717) is 17.7 Å². The molecule has 0 unspecified atom stereocenters. The molecule has 7 N–H and O–H groups in total. The average Bonchev–Trinajstić information content (AvgIpc) is 3.04. The maximum Gasteiger partial charge on any atom is 0.364 e. The Morgan fingerprint density at radius 2 is 1.80 bits per heavy atom. The molecule has 244 valence electrons. The fraction of sp³-hybridized carbons (Fsp3) is 0.433. The number of terminal acetylenes is 1. The van der Waals surface area contributed by atoms with Crippen LogP contribution in [0.3, 0.4) is 0 Å². The van der Waals surface area contributed by atoms with E-state index in [2.05, 4.69) is 11.2 Å². The first kappa shape index (κ1) is 35.3. The van der Waals surface area contributed by atoms with Crippen molar-refractivity contribution in [3.63, 3.8) is 0 Å². The van der Waals surface area contributed by atoms with Gasteiger partial charge in [0.1, 0.15) is 24.6 Å². The predicted octanol–water partition coefficient (Wildman–Crippen LogP) is -0.357. The Bertz CT molecular complexity index is 1340. The molecule has 0 aliphatic carbocycles. The number of hydrogen-bond donors (Lipinski definition) is 7. The van der Waals surface area contributed by atoms with Gasteiger partial charge in [0.15, 0.2) is 0 Å². The molecule has 1 aliphatic heterocycles. The molecule has 0 aromatic heterocycles. The minimum absolute atomic E-state index is 0.281. The van der Waals surface area contributed by atoms with Crippen LogP contribution in [-0.4, -0.2) is 99.3 Å². The summed E-state index contributed by atoms with van der Waals surface area (Å²) in [5.74, 6) is -8.29. The van der Waals surface area contributed by atoms with Crippen molar-refractivity contribution < 1.29 is 62.9 Å². The van der Waals surface area contributed by atoms with Crippen molar-refractivity contribution in [3.8, 4) is 18.1 Å². The molecule has 3 rings (SSSR count). The molecule has 0 saturated carbocycles. The standard InChI is InChI=1S/C30H34F2N2O11/c1-2-3-13-43-20-11-9-18(10-12-20)17-44-29(28(41)42)14-21(36)24(34-23(38)16-35)26(45-29)25(39)22(37)15-33-27(40)30(31,32)19-7-5-4-6-8-19/h1,4-12,21-22,24-26,35-37,39H,3,13-17H2,(H,33,40)(H,34,38)(H,41,42)/t21-,22+,24+,25+,26+,29+/m0/s1. The van der Waals surface area contributed by atoms with Crippen LogP contribution in [0.5, 0.6) is 5.75 Å². The Hall–Kier alpha value is -4.17. The second-order valence-electron chi connectivity index (χ2n) is 10.1. The normalized spacial score (nSPS) is 22.8. The van der Waals surface area contributed by atoms with Crippen LogP contribution >= 0.6 is 0 Å². The molecule has 1 saturated heterocycles. The Morgan fingerprint density at radius 3 is 2.40 bits per heavy atom. The minimum Gasteiger partial charge on any atom is -0.493 e. The summed E-state index contributed by atoms with van der Waals surface area (Å²) in [6.07, 6.45) is -3.16. The lowest BCUT2D eigenvalue weighted by atomic mass is 9.88. The number of aliphatic hydroxyl groups excluding tert-OH is 4. The van der Waals surface area contributed by atoms with E-state index in [4.69, 9.17) is 20.6 Å². The molecule has 2 aromatic carbocycles. The van der Waals surface area contributed by atoms with Gasteiger partial charge in [-0.3, -0.25) is 9.59 Å². The van der Waals surface area contributed by atoms with E-state index >= 15 is 0 Å². The van der Waals surface area contributed by atoms with E-state index in [1.165, 1.54) is 18.2 Å². The van der Waals surface area contributed by atoms with Gasteiger partial charge in [-0.2, -0.15) is 8.78 Å². The Morgan fingerprint density at radius 1 is 1.13 bits per heavy atom. The minimum atomic E-state index is -4.00. The molecule has 0 radical (unpaired) electrons. The third kappa shape index (κ3) is 8.94. The molecule has 0 spiro atoms. The van der Waals surface area contributed by atoms with Gasteiger partial charge in [0.05, 0.1) is 31.5 Å². The fourth-order valence-corrected chi connectivity index (χ4v) is 4.48. The number of benzene rings is 2. The summed E-state index contributed by atoms with van der Waals surface area (Å²) in [4.78, 5) is 36.6. The number of carboxylic acid groups (broad SMARTS) is 1. The molecule has 0 bridgehead atoms. The lowest BCUT2D eigenvalue weighted by Crippen LogP contribution is -2.68. The van der Waals surface area contributed by atoms with Gasteiger partial charge in [-0.05, 0) is 17.7 Å². The molecule has 1 aliphatic rings. The van der Waals surface area contributed by atoms with Gasteiger partial charge in [0.2, 0.25) is 5.91 Å². The predicted molar refractivity (Wildman–Crippen MR) is 150 cm³/mol. The smallest absolute Gasteiger partial charge is 0.364 e. The largest absolute Gasteiger partial charge is 0.493 e. The maximum atomic E-state index is 14.6. The monoisotopic (exact) mass is 636 g/mol. The van der Waals surface area contributed by atoms with Crippen LogP contribution in [-0.2, 0) is 36.4 Å². The summed E-state index contributed by atoms with van der Waals surface area (Å²) in [7, 11) is 0. The van der Waals surface area contributed by atoms with Crippen LogP contribution in [0, 0.1) is 12.3 Å². The van der Waals surface area contributed by atoms with E-state index in [9.17, 15) is 48.7 Å². The summed E-state index contributed by atoms with van der Waals surface area (Å²) in [5.41, 5.74) is -0.176. The van der Waals surface area contributed by atoms with Gasteiger partial charge in [0.25, 0.3) is 11.7 Å². The van der Waals surface area contributed by atoms with E-state index in [0.717, 1.165) is 12.1 Å². The number of alkyl halides is 2. The zero-order valence-corrected chi connectivity index (χ0v) is 23.8. The van der Waals surface area contributed by atoms with Crippen LogP contribution in [0.4, 0.5) is 8.78 Å². The molecule has 1 heterocycles. The Balaban J connectivity index is 1.77. The lowest BCUT2D eigenvalue weighted by Gasteiger charge is -2.46. The number of hydrogen-bond acceptors (Lipinski definition) is 10. The Labute approximate surface area is 256 Å². The van der Waals surface area contributed by atoms with Crippen molar-refractivity contribution in [2.75, 3.05) is 19.8 Å². The lowest BCUT2D eigenvalue weighted by molar-refractivity contribution is -0.314. The quantitative estimate of drug-likeness (QED) is 0.0994. The second-order valence-corrected chi connectivity index (χ2v) is 10.1. The first-order valence-corrected chi connectivity index (χ1v) is 13.7. The molecule has 2 amide bonds. The van der Waals surface area contributed by atoms with Crippen LogP contribution in [0.1, 0.15) is 24.0 Å². The third-order valence-corrected chi connectivity index (χ3v) is 6.90. The number of nitrogens with one attached hydrogen (secondary N) is 2. The molecule has 13 nitrogen and oxygen atoms in total. The van der Waals surface area contributed by atoms with Crippen molar-refractivity contribution in [1.29, 1.82) is 0 Å². The number of carbonyl (C=O) groups is 3. The first-order chi connectivity index (χ1) is 21.3. The second kappa shape index (κ2) is 15.7. The van der Waals surface area contributed by atoms with E-state index < -0.39 is 85.1 Å². The molecular formula is C30H34F2N2O11. The van der Waals surface area contributed by atoms with Crippen molar-refractivity contribution >= 4 is 17.8 Å². The van der Waals surface area contributed by atoms with Crippen LogP contribution in [0.2, 0.25) is 0 Å². The zero-order valence-electron chi connectivity index (χ0n) is 23.8. The summed E-state index contributed by atoms with van der Waals surface area (Å²) in [6.45, 7) is -2.12. The first-order valence-electron chi connectivity index (χ1n) is 13.7. The van der Waals surface area contributed by atoms with E-state index in [-0.39, 0.29) is 13.2 Å². The summed E-state index contributed by atoms with van der Waals surface area (Å²) < 4.78 is 45.8. The number of aliphatic carboxylic acids is 1. The van der Waals surface area contributed by atoms with Crippen molar-refractivity contribution in [1.82, 2.24) is 10.6 Å². The average molecular weight is 637 g/mol. The third-order valence-electron chi connectivity index (χ3n) is 6.90. The topological polar surface area (TPSA) is 204 Å². The number of aliphatic hydroxyl groups is 4. The van der Waals surface area contributed by atoms with Gasteiger partial charge in [0, 0.05) is 24.9 Å². The molecule has 6 atom stereocenters. The zero-order chi connectivity index (χ0) is 33.2. The van der Waals surface area contributed by atoms with Gasteiger partial charge in [-0.1, -0.05) is 42.5 Å². The highest BCUT2D eigenvalue weighted by Gasteiger charge is 2.56. The fourth-order valence-electron chi connectivity index (χ4n) is 4.48. The number of ether oxygens (including phenoxy) is 3. The van der Waals surface area contributed by atoms with Crippen LogP contribution in [0.25, 0.3) is 0 Å². The summed E-state index contributed by atoms with van der Waals surface area (Å²) in [6, 6.07) is 10.8. The summed E-state index contributed by atoms with van der Waals surface area (Å²) in [5, 5.41) is 55.7. The number of carboxylic acids is 1. The van der Waals surface area contributed by atoms with Crippen LogP contribution < -0.4 is 15.4 Å². The highest BCUT2D eigenvalue weighted by molar-refractivity contribution is 5.84. The van der Waals surface area contributed by atoms with Gasteiger partial charge < -0.3 is 50.4 Å². The van der Waals surface area contributed by atoms with Crippen molar-refractivity contribution in [3.05, 3.63) is 65.7 Å². The molecule has 15 heteroatoms. The SMILES string of the molecule is C#CCCOc1ccc(CO[C@]2(C(=O)O)C[C@H](O)[C@@H](NC(=O)CO)[C@H]([C@H](O)[C@H](O)CNC(=O)C(F)(F)c3ccccc3)O2)cc1. The molecule has 45 heavy (non-hydrogen) atoms. The van der Waals surface area contributed by atoms with Crippen LogP contribution in [0.15, 0.2) is 54.6 Å². The van der Waals surface area contributed by atoms with Crippen molar-refractivity contribution in [2.24, 2.45) is 0 Å². The molecular weight excluding hydrogens is 602 g/mol.